The van der Waals surface area contributed by atoms with Crippen molar-refractivity contribution in [1.82, 2.24) is 5.32 Å². The van der Waals surface area contributed by atoms with E-state index >= 15 is 0 Å². The van der Waals surface area contributed by atoms with Gasteiger partial charge in [0.1, 0.15) is 0 Å². The highest BCUT2D eigenvalue weighted by Gasteiger charge is 2.30. The first-order chi connectivity index (χ1) is 8.66. The Morgan fingerprint density at radius 2 is 1.94 bits per heavy atom. The van der Waals surface area contributed by atoms with Crippen molar-refractivity contribution in [3.8, 4) is 0 Å². The van der Waals surface area contributed by atoms with Crippen LogP contribution in [0.15, 0.2) is 30.3 Å². The van der Waals surface area contributed by atoms with Gasteiger partial charge in [-0.25, -0.2) is 0 Å². The van der Waals surface area contributed by atoms with Crippen molar-refractivity contribution in [3.05, 3.63) is 30.3 Å². The molecule has 1 aliphatic rings. The maximum atomic E-state index is 11.9. The van der Waals surface area contributed by atoms with Crippen LogP contribution in [0.4, 0.5) is 5.69 Å². The van der Waals surface area contributed by atoms with Gasteiger partial charge < -0.3 is 10.6 Å². The third kappa shape index (κ3) is 3.25. The maximum absolute atomic E-state index is 11.9. The summed E-state index contributed by atoms with van der Waals surface area (Å²) < 4.78 is 0. The molecule has 3 atom stereocenters. The second-order valence-corrected chi connectivity index (χ2v) is 5.31. The second kappa shape index (κ2) is 5.89. The van der Waals surface area contributed by atoms with Crippen LogP contribution in [0.25, 0.3) is 0 Å². The summed E-state index contributed by atoms with van der Waals surface area (Å²) in [5.41, 5.74) is 0.987. The fourth-order valence-electron chi connectivity index (χ4n) is 2.56. The molecule has 3 unspecified atom stereocenters. The van der Waals surface area contributed by atoms with Crippen molar-refractivity contribution in [2.45, 2.75) is 32.7 Å². The average molecular weight is 246 g/mol. The molecule has 3 heteroatoms. The highest BCUT2D eigenvalue weighted by molar-refractivity contribution is 5.81. The van der Waals surface area contributed by atoms with Crippen LogP contribution in [0, 0.1) is 11.8 Å². The molecule has 3 nitrogen and oxygen atoms in total. The molecule has 18 heavy (non-hydrogen) atoms. The van der Waals surface area contributed by atoms with Gasteiger partial charge in [0.25, 0.3) is 0 Å². The van der Waals surface area contributed by atoms with E-state index in [9.17, 15) is 4.79 Å². The molecule has 2 N–H and O–H groups in total. The Morgan fingerprint density at radius 1 is 1.22 bits per heavy atom. The molecule has 0 radical (unpaired) electrons. The van der Waals surface area contributed by atoms with Crippen molar-refractivity contribution in [3.63, 3.8) is 0 Å². The predicted octanol–water partition coefficient (Wildman–Crippen LogP) is 2.65. The third-order valence-corrected chi connectivity index (χ3v) is 4.04. The number of hydrogen-bond acceptors (Lipinski definition) is 2. The third-order valence-electron chi connectivity index (χ3n) is 4.04. The lowest BCUT2D eigenvalue weighted by Crippen LogP contribution is -2.40. The number of hydrogen-bond donors (Lipinski definition) is 2. The first-order valence-corrected chi connectivity index (χ1v) is 6.75. The Balaban J connectivity index is 1.76. The van der Waals surface area contributed by atoms with Crippen molar-refractivity contribution in [2.75, 3.05) is 11.9 Å². The smallest absolute Gasteiger partial charge is 0.239 e. The van der Waals surface area contributed by atoms with Gasteiger partial charge in [0, 0.05) is 11.7 Å². The van der Waals surface area contributed by atoms with E-state index in [0.29, 0.717) is 18.5 Å². The van der Waals surface area contributed by atoms with Crippen molar-refractivity contribution in [1.29, 1.82) is 0 Å². The summed E-state index contributed by atoms with van der Waals surface area (Å²) in [5, 5.41) is 6.26. The number of rotatable bonds is 4. The molecule has 0 heterocycles. The molecular formula is C15H22N2O. The Morgan fingerprint density at radius 3 is 2.56 bits per heavy atom. The van der Waals surface area contributed by atoms with E-state index in [2.05, 4.69) is 24.5 Å². The molecule has 0 saturated heterocycles. The van der Waals surface area contributed by atoms with E-state index in [-0.39, 0.29) is 5.91 Å². The molecule has 1 saturated carbocycles. The highest BCUT2D eigenvalue weighted by Crippen LogP contribution is 2.30. The number of nitrogens with one attached hydrogen (secondary N) is 2. The van der Waals surface area contributed by atoms with Crippen LogP contribution in [0.1, 0.15) is 26.7 Å². The normalized spacial score (nSPS) is 26.9. The first-order valence-electron chi connectivity index (χ1n) is 6.75. The molecule has 0 aliphatic heterocycles. The maximum Gasteiger partial charge on any atom is 0.239 e. The SMILES string of the molecule is CC1CCC(NC(=O)CNc2ccccc2)C1C. The van der Waals surface area contributed by atoms with Crippen molar-refractivity contribution >= 4 is 11.6 Å². The molecule has 1 aromatic rings. The van der Waals surface area contributed by atoms with Crippen LogP contribution in [0.5, 0.6) is 0 Å². The summed E-state index contributed by atoms with van der Waals surface area (Å²) in [7, 11) is 0. The molecule has 0 aromatic heterocycles. The lowest BCUT2D eigenvalue weighted by atomic mass is 9.98. The number of carbonyl (C=O) groups is 1. The fraction of sp³-hybridized carbons (Fsp3) is 0.533. The molecule has 1 aromatic carbocycles. The minimum absolute atomic E-state index is 0.0878. The van der Waals surface area contributed by atoms with E-state index in [0.717, 1.165) is 18.0 Å². The van der Waals surface area contributed by atoms with Gasteiger partial charge in [0.2, 0.25) is 5.91 Å². The molecule has 0 spiro atoms. The number of para-hydroxylation sites is 1. The van der Waals surface area contributed by atoms with Gasteiger partial charge in [-0.3, -0.25) is 4.79 Å². The van der Waals surface area contributed by atoms with Crippen LogP contribution < -0.4 is 10.6 Å². The van der Waals surface area contributed by atoms with E-state index in [4.69, 9.17) is 0 Å². The van der Waals surface area contributed by atoms with Gasteiger partial charge in [0.05, 0.1) is 6.54 Å². The first kappa shape index (κ1) is 12.9. The minimum atomic E-state index is 0.0878. The monoisotopic (exact) mass is 246 g/mol. The summed E-state index contributed by atoms with van der Waals surface area (Å²) in [6.45, 7) is 4.84. The van der Waals surface area contributed by atoms with Gasteiger partial charge in [-0.2, -0.15) is 0 Å². The predicted molar refractivity (Wildman–Crippen MR) is 74.4 cm³/mol. The molecule has 0 bridgehead atoms. The summed E-state index contributed by atoms with van der Waals surface area (Å²) in [6, 6.07) is 10.2. The lowest BCUT2D eigenvalue weighted by molar-refractivity contribution is -0.120. The zero-order valence-electron chi connectivity index (χ0n) is 11.1. The van der Waals surface area contributed by atoms with Crippen molar-refractivity contribution in [2.24, 2.45) is 11.8 Å². The largest absolute Gasteiger partial charge is 0.376 e. The number of benzene rings is 1. The van der Waals surface area contributed by atoms with Crippen LogP contribution >= 0.6 is 0 Å². The van der Waals surface area contributed by atoms with Crippen LogP contribution in [-0.4, -0.2) is 18.5 Å². The summed E-state index contributed by atoms with van der Waals surface area (Å²) in [4.78, 5) is 11.9. The summed E-state index contributed by atoms with van der Waals surface area (Å²) >= 11 is 0. The standard InChI is InChI=1S/C15H22N2O/c1-11-8-9-14(12(11)2)17-15(18)10-16-13-6-4-3-5-7-13/h3-7,11-12,14,16H,8-10H2,1-2H3,(H,17,18). The molecule has 1 aliphatic carbocycles. The fourth-order valence-corrected chi connectivity index (χ4v) is 2.56. The quantitative estimate of drug-likeness (QED) is 0.857. The van der Waals surface area contributed by atoms with Gasteiger partial charge in [-0.1, -0.05) is 32.0 Å². The van der Waals surface area contributed by atoms with E-state index in [1.54, 1.807) is 0 Å². The molecule has 1 fully saturated rings. The molecular weight excluding hydrogens is 224 g/mol. The van der Waals surface area contributed by atoms with Gasteiger partial charge in [-0.05, 0) is 36.8 Å². The topological polar surface area (TPSA) is 41.1 Å². The molecule has 1 amide bonds. The zero-order chi connectivity index (χ0) is 13.0. The second-order valence-electron chi connectivity index (χ2n) is 5.31. The Kier molecular flexibility index (Phi) is 4.24. The van der Waals surface area contributed by atoms with E-state index < -0.39 is 0 Å². The van der Waals surface area contributed by atoms with Crippen LogP contribution in [-0.2, 0) is 4.79 Å². The number of amides is 1. The summed E-state index contributed by atoms with van der Waals surface area (Å²) in [5.74, 6) is 1.40. The summed E-state index contributed by atoms with van der Waals surface area (Å²) in [6.07, 6.45) is 2.33. The van der Waals surface area contributed by atoms with Crippen LogP contribution in [0.2, 0.25) is 0 Å². The zero-order valence-corrected chi connectivity index (χ0v) is 11.1. The van der Waals surface area contributed by atoms with Gasteiger partial charge >= 0.3 is 0 Å². The Labute approximate surface area is 109 Å². The lowest BCUT2D eigenvalue weighted by Gasteiger charge is -2.19. The molecule has 98 valence electrons. The number of anilines is 1. The Bertz CT molecular complexity index is 391. The van der Waals surface area contributed by atoms with Gasteiger partial charge in [-0.15, -0.1) is 0 Å². The van der Waals surface area contributed by atoms with E-state index in [1.165, 1.54) is 6.42 Å². The minimum Gasteiger partial charge on any atom is -0.376 e. The van der Waals surface area contributed by atoms with Crippen molar-refractivity contribution < 1.29 is 4.79 Å². The molecule has 2 rings (SSSR count). The average Bonchev–Trinajstić information content (AvgIpc) is 2.70. The highest BCUT2D eigenvalue weighted by atomic mass is 16.2. The van der Waals surface area contributed by atoms with Gasteiger partial charge in [0.15, 0.2) is 0 Å². The Hall–Kier alpha value is -1.51. The number of carbonyl (C=O) groups excluding carboxylic acids is 1. The van der Waals surface area contributed by atoms with E-state index in [1.807, 2.05) is 30.3 Å². The van der Waals surface area contributed by atoms with Crippen LogP contribution in [0.3, 0.4) is 0 Å².